The van der Waals surface area contributed by atoms with Crippen LogP contribution < -0.4 is 17.0 Å². The van der Waals surface area contributed by atoms with Crippen LogP contribution in [0.1, 0.15) is 24.6 Å². The highest BCUT2D eigenvalue weighted by molar-refractivity contribution is 5.59. The van der Waals surface area contributed by atoms with Gasteiger partial charge >= 0.3 is 11.8 Å². The minimum absolute atomic E-state index is 0.134. The smallest absolute Gasteiger partial charge is 0.434 e. The van der Waals surface area contributed by atoms with Gasteiger partial charge in [-0.25, -0.2) is 9.59 Å². The zero-order valence-electron chi connectivity index (χ0n) is 14.2. The summed E-state index contributed by atoms with van der Waals surface area (Å²) < 4.78 is 16.6. The second-order valence-corrected chi connectivity index (χ2v) is 5.67. The first-order chi connectivity index (χ1) is 12.5. The molecular formula is C14H20N6O6. The van der Waals surface area contributed by atoms with Crippen LogP contribution in [0.15, 0.2) is 20.9 Å². The van der Waals surface area contributed by atoms with Crippen LogP contribution in [0.4, 0.5) is 4.79 Å². The molecule has 12 heteroatoms. The number of hydrogen-bond donors (Lipinski definition) is 2. The van der Waals surface area contributed by atoms with E-state index in [4.69, 9.17) is 25.5 Å². The molecule has 1 fully saturated rings. The largest absolute Gasteiger partial charge is 0.508 e. The predicted molar refractivity (Wildman–Crippen MR) is 88.5 cm³/mol. The average molecular weight is 368 g/mol. The van der Waals surface area contributed by atoms with Gasteiger partial charge in [0.25, 0.3) is 5.56 Å². The highest BCUT2D eigenvalue weighted by Gasteiger charge is 2.37. The van der Waals surface area contributed by atoms with Gasteiger partial charge in [-0.15, -0.1) is 0 Å². The van der Waals surface area contributed by atoms with Gasteiger partial charge in [0.15, 0.2) is 0 Å². The highest BCUT2D eigenvalue weighted by atomic mass is 16.7. The lowest BCUT2D eigenvalue weighted by Gasteiger charge is -2.16. The summed E-state index contributed by atoms with van der Waals surface area (Å²) in [5.41, 5.74) is 13.2. The van der Waals surface area contributed by atoms with Gasteiger partial charge < -0.3 is 19.9 Å². The van der Waals surface area contributed by atoms with E-state index in [0.29, 0.717) is 18.5 Å². The summed E-state index contributed by atoms with van der Waals surface area (Å²) in [7, 11) is 0. The Morgan fingerprint density at radius 3 is 3.00 bits per heavy atom. The predicted octanol–water partition coefficient (Wildman–Crippen LogP) is 0.313. The van der Waals surface area contributed by atoms with Gasteiger partial charge in [0.2, 0.25) is 0 Å². The first kappa shape index (κ1) is 19.5. The fourth-order valence-electron chi connectivity index (χ4n) is 2.45. The van der Waals surface area contributed by atoms with Crippen molar-refractivity contribution in [3.8, 4) is 0 Å². The molecule has 0 saturated carbocycles. The van der Waals surface area contributed by atoms with Gasteiger partial charge in [0, 0.05) is 23.1 Å². The number of nitrogens with two attached hydrogens (primary N) is 1. The Kier molecular flexibility index (Phi) is 6.78. The zero-order chi connectivity index (χ0) is 19.1. The van der Waals surface area contributed by atoms with Crippen LogP contribution in [0.2, 0.25) is 0 Å². The topological polar surface area (TPSA) is 174 Å². The Balaban J connectivity index is 2.05. The number of nitrogens with zero attached hydrogens (tertiary/aromatic N) is 4. The molecule has 0 amide bonds. The molecule has 0 bridgehead atoms. The molecular weight excluding hydrogens is 348 g/mol. The summed E-state index contributed by atoms with van der Waals surface area (Å²) in [5, 5.41) is 3.62. The van der Waals surface area contributed by atoms with Crippen LogP contribution >= 0.6 is 0 Å². The molecule has 0 aromatic carbocycles. The number of rotatable bonds is 7. The maximum Gasteiger partial charge on any atom is 0.508 e. The number of carbonyl (C=O) groups excluding carboxylic acids is 1. The molecule has 3 N–H and O–H groups in total. The molecule has 1 aliphatic heterocycles. The van der Waals surface area contributed by atoms with Crippen LogP contribution in [0, 0.1) is 6.92 Å². The van der Waals surface area contributed by atoms with E-state index in [1.807, 2.05) is 0 Å². The molecule has 1 aromatic rings. The molecule has 0 radical (unpaired) electrons. The van der Waals surface area contributed by atoms with E-state index in [9.17, 15) is 14.4 Å². The summed E-state index contributed by atoms with van der Waals surface area (Å²) in [4.78, 5) is 39.9. The third-order valence-corrected chi connectivity index (χ3v) is 3.79. The lowest BCUT2D eigenvalue weighted by molar-refractivity contribution is -0.0422. The lowest BCUT2D eigenvalue weighted by Crippen LogP contribution is -2.33. The van der Waals surface area contributed by atoms with E-state index in [2.05, 4.69) is 15.0 Å². The van der Waals surface area contributed by atoms with Crippen LogP contribution in [-0.4, -0.2) is 47.6 Å². The molecule has 0 aliphatic carbocycles. The molecule has 1 saturated heterocycles. The number of ether oxygens (including phenoxy) is 3. The molecule has 1 aliphatic rings. The SMILES string of the molecule is Cc1cn([C@H]2C[C@H](N=[N+]=[N-])[C@@H](COC(=O)OCCCN)O2)c(=O)[nH]c1=O. The van der Waals surface area contributed by atoms with Crippen LogP contribution in [0.5, 0.6) is 0 Å². The number of aromatic nitrogens is 2. The van der Waals surface area contributed by atoms with E-state index in [0.717, 1.165) is 0 Å². The molecule has 1 aromatic heterocycles. The highest BCUT2D eigenvalue weighted by Crippen LogP contribution is 2.30. The summed E-state index contributed by atoms with van der Waals surface area (Å²) >= 11 is 0. The van der Waals surface area contributed by atoms with Crippen molar-refractivity contribution < 1.29 is 19.0 Å². The Bertz CT molecular complexity index is 798. The standard InChI is InChI=1S/C14H20N6O6/c1-8-6-20(13(22)17-12(8)21)11-5-9(18-19-16)10(26-11)7-25-14(23)24-4-2-3-15/h6,9-11H,2-5,7,15H2,1H3,(H,17,21,22)/t9-,10+,11+/m0/s1. The quantitative estimate of drug-likeness (QED) is 0.229. The maximum absolute atomic E-state index is 12.0. The first-order valence-corrected chi connectivity index (χ1v) is 7.97. The number of nitrogens with one attached hydrogen (secondary N) is 1. The van der Waals surface area contributed by atoms with Crippen molar-refractivity contribution in [1.29, 1.82) is 0 Å². The number of azide groups is 1. The molecule has 12 nitrogen and oxygen atoms in total. The molecule has 2 heterocycles. The van der Waals surface area contributed by atoms with Crippen molar-refractivity contribution in [2.24, 2.45) is 10.8 Å². The van der Waals surface area contributed by atoms with Gasteiger partial charge in [-0.2, -0.15) is 0 Å². The van der Waals surface area contributed by atoms with Gasteiger partial charge in [0.05, 0.1) is 12.6 Å². The van der Waals surface area contributed by atoms with Crippen LogP contribution in [0.25, 0.3) is 10.4 Å². The normalized spacial score (nSPS) is 21.8. The lowest BCUT2D eigenvalue weighted by atomic mass is 10.1. The summed E-state index contributed by atoms with van der Waals surface area (Å²) in [6.45, 7) is 1.85. The van der Waals surface area contributed by atoms with Crippen LogP contribution in [-0.2, 0) is 14.2 Å². The fraction of sp³-hybridized carbons (Fsp3) is 0.643. The van der Waals surface area contributed by atoms with Crippen LogP contribution in [0.3, 0.4) is 0 Å². The Hall–Kier alpha value is -2.82. The van der Waals surface area contributed by atoms with E-state index in [1.54, 1.807) is 6.92 Å². The first-order valence-electron chi connectivity index (χ1n) is 7.97. The number of aromatic amines is 1. The second kappa shape index (κ2) is 9.04. The number of H-pyrrole nitrogens is 1. The van der Waals surface area contributed by atoms with Gasteiger partial charge in [-0.3, -0.25) is 14.3 Å². The van der Waals surface area contributed by atoms with E-state index in [-0.39, 0.29) is 19.6 Å². The Morgan fingerprint density at radius 2 is 2.31 bits per heavy atom. The Morgan fingerprint density at radius 1 is 1.54 bits per heavy atom. The maximum atomic E-state index is 12.0. The van der Waals surface area contributed by atoms with Gasteiger partial charge in [0.1, 0.15) is 18.9 Å². The van der Waals surface area contributed by atoms with Crippen molar-refractivity contribution in [3.05, 3.63) is 43.0 Å². The van der Waals surface area contributed by atoms with Crippen molar-refractivity contribution in [2.75, 3.05) is 19.8 Å². The average Bonchev–Trinajstić information content (AvgIpc) is 2.99. The molecule has 3 atom stereocenters. The number of hydrogen-bond acceptors (Lipinski definition) is 8. The van der Waals surface area contributed by atoms with Crippen molar-refractivity contribution in [1.82, 2.24) is 9.55 Å². The Labute approximate surface area is 147 Å². The van der Waals surface area contributed by atoms with E-state index < -0.39 is 35.8 Å². The zero-order valence-corrected chi connectivity index (χ0v) is 14.2. The van der Waals surface area contributed by atoms with Gasteiger partial charge in [-0.1, -0.05) is 5.11 Å². The number of aryl methyl sites for hydroxylation is 1. The fourth-order valence-corrected chi connectivity index (χ4v) is 2.45. The summed E-state index contributed by atoms with van der Waals surface area (Å²) in [6, 6.07) is -0.652. The van der Waals surface area contributed by atoms with E-state index in [1.165, 1.54) is 10.8 Å². The van der Waals surface area contributed by atoms with Crippen molar-refractivity contribution >= 4 is 6.16 Å². The third-order valence-electron chi connectivity index (χ3n) is 3.79. The van der Waals surface area contributed by atoms with Crippen molar-refractivity contribution in [3.63, 3.8) is 0 Å². The molecule has 0 unspecified atom stereocenters. The monoisotopic (exact) mass is 368 g/mol. The minimum Gasteiger partial charge on any atom is -0.434 e. The molecule has 2 rings (SSSR count). The van der Waals surface area contributed by atoms with Gasteiger partial charge in [-0.05, 0) is 25.4 Å². The minimum atomic E-state index is -0.887. The molecule has 26 heavy (non-hydrogen) atoms. The second-order valence-electron chi connectivity index (χ2n) is 5.67. The molecule has 142 valence electrons. The number of carbonyl (C=O) groups is 1. The molecule has 0 spiro atoms. The third kappa shape index (κ3) is 4.85. The van der Waals surface area contributed by atoms with E-state index >= 15 is 0 Å². The summed E-state index contributed by atoms with van der Waals surface area (Å²) in [6.07, 6.45) is -0.350. The van der Waals surface area contributed by atoms with Crippen molar-refractivity contribution in [2.45, 2.75) is 38.1 Å². The summed E-state index contributed by atoms with van der Waals surface area (Å²) in [5.74, 6) is 0.